The fourth-order valence-corrected chi connectivity index (χ4v) is 13.0. The number of nitrogens with zero attached hydrogens (tertiary/aromatic N) is 11. The lowest BCUT2D eigenvalue weighted by atomic mass is 10.1. The highest BCUT2D eigenvalue weighted by atomic mass is 79.9. The van der Waals surface area contributed by atoms with Crippen molar-refractivity contribution in [1.82, 2.24) is 58.2 Å². The number of nitrogens with one attached hydrogen (secondary N) is 1. The van der Waals surface area contributed by atoms with E-state index in [2.05, 4.69) is 158 Å². The first-order chi connectivity index (χ1) is 52.5. The van der Waals surface area contributed by atoms with Crippen molar-refractivity contribution < 1.29 is 18.9 Å². The number of fused-ring (bicyclic) bond motifs is 8. The summed E-state index contributed by atoms with van der Waals surface area (Å²) in [5.74, 6) is 16.7. The Morgan fingerprint density at radius 3 is 1.06 bits per heavy atom. The number of hydrogen-bond donors (Lipinski definition) is 1. The summed E-state index contributed by atoms with van der Waals surface area (Å²) < 4.78 is 63.4. The van der Waals surface area contributed by atoms with Crippen LogP contribution in [0.25, 0.3) is 43.6 Å². The summed E-state index contributed by atoms with van der Waals surface area (Å²) in [7, 11) is -1.00. The normalized spacial score (nSPS) is 14.5. The third kappa shape index (κ3) is 23.2. The first kappa shape index (κ1) is 86.9. The van der Waals surface area contributed by atoms with Crippen LogP contribution < -0.4 is 27.6 Å². The van der Waals surface area contributed by atoms with Gasteiger partial charge in [0.25, 0.3) is 22.2 Å². The summed E-state index contributed by atoms with van der Waals surface area (Å²) in [6.07, 6.45) is 9.47. The molecular formula is C85H91Br3Cl2F4N12O4. The number of terminal acetylenes is 1. The number of hydrogen-bond acceptors (Lipinski definition) is 12. The van der Waals surface area contributed by atoms with E-state index in [1.54, 1.807) is 62.2 Å². The lowest BCUT2D eigenvalue weighted by Crippen LogP contribution is -2.43. The molecule has 4 aliphatic heterocycles. The first-order valence-corrected chi connectivity index (χ1v) is 38.6. The molecule has 0 bridgehead atoms. The monoisotopic (exact) mass is 1730 g/mol. The van der Waals surface area contributed by atoms with Crippen LogP contribution in [0, 0.1) is 53.5 Å². The van der Waals surface area contributed by atoms with Crippen molar-refractivity contribution in [3.63, 3.8) is 0 Å². The van der Waals surface area contributed by atoms with Crippen molar-refractivity contribution in [2.24, 2.45) is 0 Å². The second-order valence-corrected chi connectivity index (χ2v) is 29.8. The minimum Gasteiger partial charge on any atom is -0.308 e. The largest absolute Gasteiger partial charge is 0.308 e. The Kier molecular flexibility index (Phi) is 33.7. The van der Waals surface area contributed by atoms with Gasteiger partial charge in [0.15, 0.2) is 0 Å². The number of alkyl halides is 2. The molecule has 0 saturated heterocycles. The number of halogens is 9. The van der Waals surface area contributed by atoms with E-state index in [0.29, 0.717) is 111 Å². The molecule has 0 spiro atoms. The van der Waals surface area contributed by atoms with E-state index in [0.717, 1.165) is 113 Å². The van der Waals surface area contributed by atoms with Gasteiger partial charge in [0.2, 0.25) is 0 Å². The Morgan fingerprint density at radius 1 is 0.445 bits per heavy atom. The summed E-state index contributed by atoms with van der Waals surface area (Å²) >= 11 is 10.2. The minimum atomic E-state index is -1.00. The molecule has 0 saturated carbocycles. The third-order valence-corrected chi connectivity index (χ3v) is 20.9. The lowest BCUT2D eigenvalue weighted by molar-refractivity contribution is 0.156. The van der Waals surface area contributed by atoms with E-state index in [-0.39, 0.29) is 64.5 Å². The highest BCUT2D eigenvalue weighted by molar-refractivity contribution is 9.10. The van der Waals surface area contributed by atoms with Gasteiger partial charge in [0, 0.05) is 112 Å². The molecule has 4 aliphatic rings. The molecule has 0 amide bonds. The van der Waals surface area contributed by atoms with Crippen LogP contribution in [0.2, 0.25) is 0 Å². The predicted molar refractivity (Wildman–Crippen MR) is 451 cm³/mol. The van der Waals surface area contributed by atoms with Crippen LogP contribution in [0.4, 0.5) is 17.6 Å². The van der Waals surface area contributed by atoms with Crippen LogP contribution in [0.15, 0.2) is 174 Å². The molecule has 11 aromatic rings. The molecule has 578 valence electrons. The van der Waals surface area contributed by atoms with Gasteiger partial charge in [-0.05, 0) is 174 Å². The Morgan fingerprint density at radius 2 is 0.745 bits per heavy atom. The fraction of sp³-hybridized carbons (Fsp3) is 0.341. The van der Waals surface area contributed by atoms with Gasteiger partial charge in [0.05, 0.1) is 78.3 Å². The number of rotatable bonds is 7. The second-order valence-electron chi connectivity index (χ2n) is 26.5. The zero-order valence-electron chi connectivity index (χ0n) is 63.8. The first-order valence-electron chi connectivity index (χ1n) is 36.8. The van der Waals surface area contributed by atoms with Gasteiger partial charge >= 0.3 is 0 Å². The maximum absolute atomic E-state index is 13.3. The number of aromatic nitrogens is 8. The average molecular weight is 1730 g/mol. The lowest BCUT2D eigenvalue weighted by Gasteiger charge is -2.33. The molecule has 4 atom stereocenters. The predicted octanol–water partition coefficient (Wildman–Crippen LogP) is 16.6. The summed E-state index contributed by atoms with van der Waals surface area (Å²) in [6, 6.07) is 41.9. The van der Waals surface area contributed by atoms with Gasteiger partial charge in [-0.3, -0.25) is 56.5 Å². The molecule has 15 rings (SSSR count). The topological polar surface area (TPSA) is 161 Å². The summed E-state index contributed by atoms with van der Waals surface area (Å²) in [6.45, 7) is 26.5. The molecule has 8 heterocycles. The van der Waals surface area contributed by atoms with Crippen molar-refractivity contribution >= 4 is 116 Å². The molecule has 4 unspecified atom stereocenters. The molecule has 25 heteroatoms. The van der Waals surface area contributed by atoms with E-state index in [1.807, 2.05) is 65.2 Å². The Balaban J connectivity index is 0.000000193. The zero-order valence-corrected chi connectivity index (χ0v) is 69.2. The van der Waals surface area contributed by atoms with Gasteiger partial charge in [-0.15, -0.1) is 31.2 Å². The van der Waals surface area contributed by atoms with Crippen LogP contribution in [-0.2, 0) is 52.4 Å². The van der Waals surface area contributed by atoms with Crippen molar-refractivity contribution in [2.75, 3.05) is 33.3 Å². The Hall–Kier alpha value is -8.64. The molecule has 4 aromatic heterocycles. The van der Waals surface area contributed by atoms with E-state index in [1.165, 1.54) is 42.8 Å². The molecule has 16 nitrogen and oxygen atoms in total. The van der Waals surface area contributed by atoms with Gasteiger partial charge in [-0.2, -0.15) is 0 Å². The summed E-state index contributed by atoms with van der Waals surface area (Å²) in [5.41, 5.74) is 6.33. The summed E-state index contributed by atoms with van der Waals surface area (Å²) in [5, 5.41) is 5.82. The highest BCUT2D eigenvalue weighted by Gasteiger charge is 2.26. The van der Waals surface area contributed by atoms with Crippen molar-refractivity contribution in [1.29, 1.82) is 0 Å². The van der Waals surface area contributed by atoms with E-state index < -0.39 is 7.15 Å². The Labute approximate surface area is 678 Å². The van der Waals surface area contributed by atoms with E-state index >= 15 is 0 Å². The van der Waals surface area contributed by atoms with Gasteiger partial charge < -0.3 is 5.32 Å². The third-order valence-electron chi connectivity index (χ3n) is 19.3. The van der Waals surface area contributed by atoms with E-state index in [9.17, 15) is 36.7 Å². The van der Waals surface area contributed by atoms with Crippen molar-refractivity contribution in [3.8, 4) is 36.0 Å². The van der Waals surface area contributed by atoms with Crippen LogP contribution in [-0.4, -0.2) is 109 Å². The van der Waals surface area contributed by atoms with Crippen LogP contribution in [0.1, 0.15) is 134 Å². The maximum Gasteiger partial charge on any atom is 0.261 e. The van der Waals surface area contributed by atoms with Gasteiger partial charge in [-0.25, -0.2) is 33.1 Å². The molecule has 0 fully saturated rings. The molecule has 0 aliphatic carbocycles. The standard InChI is InChI=1S/2C23H22FN3O.C15H18BrN3O.C11H10BrN3O.C8H5F.C4H9Br.CH3F.2ClH/c2*1-3-16(2)26-11-12-27-22(15-26)25-21-14-18(9-10-20(21)23(27)28)8-7-17-5-4-6-19(24)13-17;1-3-10(2)18-6-7-19-14(9-18)17-13-8-11(16)4-5-12(13)15(19)20;12-7-1-2-8-9(5-7)14-10-6-13-3-4-15(10)11(8)16;1-2-7-4-3-5-8(9)6-7;1-3-4(2)5;1-2;;/h2*4-6,9-10,13-14,16H,3,11-12,15H2,1-2H3;4-5,8,10H,3,6-7,9H2,1-2H3;1-2,5,13H,3-4,6H2;1,3-6H;4H,3H2,1-2H3;1H3;2*1H/i;;;;;;1D;;. The second kappa shape index (κ2) is 42.7. The van der Waals surface area contributed by atoms with Crippen molar-refractivity contribution in [2.45, 2.75) is 156 Å². The smallest absolute Gasteiger partial charge is 0.261 e. The van der Waals surface area contributed by atoms with Gasteiger partial charge in [0.1, 0.15) is 40.7 Å². The van der Waals surface area contributed by atoms with Crippen LogP contribution in [0.5, 0.6) is 0 Å². The van der Waals surface area contributed by atoms with Crippen molar-refractivity contribution in [3.05, 3.63) is 265 Å². The Bertz CT molecular complexity index is 5300. The minimum absolute atomic E-state index is 0. The molecular weight excluding hydrogens is 1640 g/mol. The molecule has 7 aromatic carbocycles. The van der Waals surface area contributed by atoms with Crippen LogP contribution in [0.3, 0.4) is 0 Å². The summed E-state index contributed by atoms with van der Waals surface area (Å²) in [4.78, 5) is 77.0. The highest BCUT2D eigenvalue weighted by Crippen LogP contribution is 2.24. The maximum atomic E-state index is 13.3. The van der Waals surface area contributed by atoms with Gasteiger partial charge in [-0.1, -0.05) is 130 Å². The molecule has 110 heavy (non-hydrogen) atoms. The van der Waals surface area contributed by atoms with Crippen LogP contribution >= 0.6 is 72.6 Å². The number of benzene rings is 7. The fourth-order valence-electron chi connectivity index (χ4n) is 12.4. The molecule has 0 radical (unpaired) electrons. The molecule has 1 N–H and O–H groups in total. The average Bonchev–Trinajstić information content (AvgIpc) is 0.792. The SMILES string of the molecule is C#Cc1cccc(F)c1.CCC(C)Br.CCC(C)N1CCn2c(nc3cc(Br)ccc3c2=O)C1.CCC(C)N1CCn2c(nc3cc(C#Cc4cccc(F)c4)ccc3c2=O)C1.CCC(C)N1CCn2c(nc3cc(C#Cc4cccc(F)c4)ccc3c2=O)C1.Cl.Cl.O=c1c2ccc(Br)cc2nc2n1CCNC2.[2H]CF. The zero-order chi connectivity index (χ0) is 78.4. The quantitative estimate of drug-likeness (QED) is 0.0915. The van der Waals surface area contributed by atoms with E-state index in [4.69, 9.17) is 22.7 Å².